The van der Waals surface area contributed by atoms with Gasteiger partial charge >= 0.3 is 6.18 Å². The zero-order valence-corrected chi connectivity index (χ0v) is 11.0. The van der Waals surface area contributed by atoms with Crippen LogP contribution in [0.2, 0.25) is 0 Å². The number of benzene rings is 1. The number of halogens is 4. The second kappa shape index (κ2) is 4.88. The molecule has 0 radical (unpaired) electrons. The molecule has 1 aliphatic rings. The van der Waals surface area contributed by atoms with Crippen molar-refractivity contribution in [2.75, 3.05) is 12.3 Å². The normalized spacial score (nSPS) is 16.6. The molecule has 2 N–H and O–H groups in total. The summed E-state index contributed by atoms with van der Waals surface area (Å²) in [6, 6.07) is 1.82. The first-order valence-corrected chi connectivity index (χ1v) is 7.18. The summed E-state index contributed by atoms with van der Waals surface area (Å²) in [4.78, 5) is -0.564. The molecule has 1 aliphatic carbocycles. The number of hydrogen-bond acceptors (Lipinski definition) is 3. The van der Waals surface area contributed by atoms with Gasteiger partial charge < -0.3 is 5.73 Å². The second-order valence-corrected chi connectivity index (χ2v) is 6.51. The van der Waals surface area contributed by atoms with E-state index in [9.17, 15) is 26.0 Å². The molecule has 0 bridgehead atoms. The number of nitrogens with two attached hydrogens (primary N) is 1. The number of nitrogen functional groups attached to an aromatic ring is 1. The van der Waals surface area contributed by atoms with Crippen molar-refractivity contribution >= 4 is 15.7 Å². The van der Waals surface area contributed by atoms with Gasteiger partial charge in [0.25, 0.3) is 0 Å². The first kappa shape index (κ1) is 15.0. The third-order valence-corrected chi connectivity index (χ3v) is 4.67. The van der Waals surface area contributed by atoms with Crippen molar-refractivity contribution in [3.8, 4) is 0 Å². The third kappa shape index (κ3) is 3.40. The van der Waals surface area contributed by atoms with E-state index in [1.807, 2.05) is 0 Å². The zero-order valence-electron chi connectivity index (χ0n) is 10.2. The first-order valence-electron chi connectivity index (χ1n) is 5.74. The molecule has 0 atom stereocenters. The summed E-state index contributed by atoms with van der Waals surface area (Å²) in [5.74, 6) is -0.911. The fourth-order valence-corrected chi connectivity index (χ4v) is 3.56. The number of anilines is 1. The van der Waals surface area contributed by atoms with E-state index in [1.165, 1.54) is 0 Å². The van der Waals surface area contributed by atoms with Crippen LogP contribution in [0.3, 0.4) is 0 Å². The maximum Gasteiger partial charge on any atom is 0.402 e. The quantitative estimate of drug-likeness (QED) is 0.684. The van der Waals surface area contributed by atoms with Gasteiger partial charge in [-0.25, -0.2) is 12.8 Å². The Hall–Kier alpha value is -1.35. The predicted octanol–water partition coefficient (Wildman–Crippen LogP) is 2.12. The third-order valence-electron chi connectivity index (χ3n) is 2.79. The summed E-state index contributed by atoms with van der Waals surface area (Å²) in [7, 11) is -4.42. The van der Waals surface area contributed by atoms with Crippen LogP contribution < -0.4 is 5.73 Å². The smallest absolute Gasteiger partial charge is 0.399 e. The highest BCUT2D eigenvalue weighted by Crippen LogP contribution is 2.35. The highest BCUT2D eigenvalue weighted by atomic mass is 32.2. The summed E-state index contributed by atoms with van der Waals surface area (Å²) in [6.07, 6.45) is -3.94. The second-order valence-electron chi connectivity index (χ2n) is 4.62. The molecule has 4 nitrogen and oxygen atoms in total. The van der Waals surface area contributed by atoms with E-state index >= 15 is 0 Å². The van der Waals surface area contributed by atoms with Crippen molar-refractivity contribution in [3.05, 3.63) is 24.0 Å². The van der Waals surface area contributed by atoms with Gasteiger partial charge in [-0.05, 0) is 31.0 Å². The van der Waals surface area contributed by atoms with Crippen LogP contribution in [-0.2, 0) is 10.0 Å². The van der Waals surface area contributed by atoms with Crippen LogP contribution in [0.5, 0.6) is 0 Å². The summed E-state index contributed by atoms with van der Waals surface area (Å²) in [6.45, 7) is -1.59. The number of hydrogen-bond donors (Lipinski definition) is 1. The van der Waals surface area contributed by atoms with E-state index in [1.54, 1.807) is 0 Å². The van der Waals surface area contributed by atoms with E-state index in [-0.39, 0.29) is 5.69 Å². The van der Waals surface area contributed by atoms with Crippen molar-refractivity contribution in [3.63, 3.8) is 0 Å². The summed E-state index contributed by atoms with van der Waals surface area (Å²) < 4.78 is 75.4. The van der Waals surface area contributed by atoms with Gasteiger partial charge in [0.15, 0.2) is 0 Å². The lowest BCUT2D eigenvalue weighted by Gasteiger charge is -2.23. The summed E-state index contributed by atoms with van der Waals surface area (Å²) in [5.41, 5.74) is 5.17. The molecule has 2 rings (SSSR count). The first-order chi connectivity index (χ1) is 9.09. The lowest BCUT2D eigenvalue weighted by atomic mass is 10.3. The highest BCUT2D eigenvalue weighted by molar-refractivity contribution is 7.89. The summed E-state index contributed by atoms with van der Waals surface area (Å²) in [5, 5.41) is 0. The van der Waals surface area contributed by atoms with Crippen molar-refractivity contribution < 1.29 is 26.0 Å². The molecule has 0 aliphatic heterocycles. The number of sulfonamides is 1. The zero-order chi connectivity index (χ0) is 15.1. The lowest BCUT2D eigenvalue weighted by molar-refractivity contribution is -0.137. The van der Waals surface area contributed by atoms with Crippen LogP contribution in [-0.4, -0.2) is 31.5 Å². The van der Waals surface area contributed by atoms with Crippen LogP contribution in [0.1, 0.15) is 12.8 Å². The Morgan fingerprint density at radius 3 is 2.30 bits per heavy atom. The van der Waals surface area contributed by atoms with Crippen molar-refractivity contribution in [1.82, 2.24) is 4.31 Å². The van der Waals surface area contributed by atoms with E-state index in [0.29, 0.717) is 23.2 Å². The monoisotopic (exact) mass is 312 g/mol. The molecule has 1 aromatic carbocycles. The maximum absolute atomic E-state index is 13.2. The van der Waals surface area contributed by atoms with Gasteiger partial charge in [-0.1, -0.05) is 0 Å². The molecule has 112 valence electrons. The highest BCUT2D eigenvalue weighted by Gasteiger charge is 2.44. The Kier molecular flexibility index (Phi) is 3.67. The van der Waals surface area contributed by atoms with Gasteiger partial charge in [-0.2, -0.15) is 17.5 Å². The van der Waals surface area contributed by atoms with Crippen LogP contribution in [0, 0.1) is 5.82 Å². The molecule has 0 saturated heterocycles. The average molecular weight is 312 g/mol. The molecule has 20 heavy (non-hydrogen) atoms. The van der Waals surface area contributed by atoms with E-state index in [4.69, 9.17) is 5.73 Å². The van der Waals surface area contributed by atoms with Gasteiger partial charge in [-0.3, -0.25) is 0 Å². The van der Waals surface area contributed by atoms with Crippen molar-refractivity contribution in [1.29, 1.82) is 0 Å². The maximum atomic E-state index is 13.2. The molecule has 1 fully saturated rings. The fourth-order valence-electron chi connectivity index (χ4n) is 1.82. The van der Waals surface area contributed by atoms with Crippen LogP contribution in [0.4, 0.5) is 23.2 Å². The van der Waals surface area contributed by atoms with E-state index < -0.39 is 39.5 Å². The topological polar surface area (TPSA) is 63.4 Å². The fraction of sp³-hybridized carbons (Fsp3) is 0.455. The SMILES string of the molecule is Nc1cc(F)cc(S(=O)(=O)N(CC(F)(F)F)C2CC2)c1. The molecule has 1 aromatic rings. The average Bonchev–Trinajstić information content (AvgIpc) is 3.06. The Morgan fingerprint density at radius 1 is 1.25 bits per heavy atom. The molecule has 0 amide bonds. The molecular weight excluding hydrogens is 300 g/mol. The Morgan fingerprint density at radius 2 is 1.85 bits per heavy atom. The minimum absolute atomic E-state index is 0.161. The molecule has 0 unspecified atom stereocenters. The molecule has 0 spiro atoms. The standard InChI is InChI=1S/C11H12F4N2O2S/c12-7-3-8(16)5-10(4-7)20(18,19)17(9-1-2-9)6-11(13,14)15/h3-5,9H,1-2,6,16H2. The van der Waals surface area contributed by atoms with Gasteiger partial charge in [0.1, 0.15) is 12.4 Å². The van der Waals surface area contributed by atoms with Crippen LogP contribution in [0.15, 0.2) is 23.1 Å². The van der Waals surface area contributed by atoms with E-state index in [0.717, 1.165) is 12.1 Å². The Labute approximate surface area is 113 Å². The van der Waals surface area contributed by atoms with Gasteiger partial charge in [-0.15, -0.1) is 0 Å². The van der Waals surface area contributed by atoms with Crippen molar-refractivity contribution in [2.45, 2.75) is 30.0 Å². The van der Waals surface area contributed by atoms with E-state index in [2.05, 4.69) is 0 Å². The lowest BCUT2D eigenvalue weighted by Crippen LogP contribution is -2.40. The number of alkyl halides is 3. The number of nitrogens with zero attached hydrogens (tertiary/aromatic N) is 1. The molecule has 0 aromatic heterocycles. The van der Waals surface area contributed by atoms with Gasteiger partial charge in [0, 0.05) is 11.7 Å². The van der Waals surface area contributed by atoms with Gasteiger partial charge in [0.2, 0.25) is 10.0 Å². The minimum atomic E-state index is -4.66. The molecule has 0 heterocycles. The Bertz CT molecular complexity index is 591. The van der Waals surface area contributed by atoms with Crippen LogP contribution >= 0.6 is 0 Å². The molecular formula is C11H12F4N2O2S. The number of rotatable bonds is 4. The van der Waals surface area contributed by atoms with Crippen molar-refractivity contribution in [2.24, 2.45) is 0 Å². The largest absolute Gasteiger partial charge is 0.402 e. The van der Waals surface area contributed by atoms with Crippen LogP contribution in [0.25, 0.3) is 0 Å². The van der Waals surface area contributed by atoms with Gasteiger partial charge in [0.05, 0.1) is 4.90 Å². The Balaban J connectivity index is 2.40. The minimum Gasteiger partial charge on any atom is -0.399 e. The predicted molar refractivity (Wildman–Crippen MR) is 63.8 cm³/mol. The molecule has 1 saturated carbocycles. The summed E-state index contributed by atoms with van der Waals surface area (Å²) >= 11 is 0. The molecule has 9 heteroatoms.